The van der Waals surface area contributed by atoms with Crippen LogP contribution in [0.4, 0.5) is 0 Å². The molecule has 0 saturated carbocycles. The monoisotopic (exact) mass is 314 g/mol. The summed E-state index contributed by atoms with van der Waals surface area (Å²) in [7, 11) is 1.70. The highest BCUT2D eigenvalue weighted by Gasteiger charge is 2.45. The van der Waals surface area contributed by atoms with Gasteiger partial charge in [-0.2, -0.15) is 0 Å². The Morgan fingerprint density at radius 2 is 2.04 bits per heavy atom. The molecule has 1 aromatic carbocycles. The van der Waals surface area contributed by atoms with Gasteiger partial charge >= 0.3 is 0 Å². The van der Waals surface area contributed by atoms with Crippen LogP contribution >= 0.6 is 0 Å². The predicted molar refractivity (Wildman–Crippen MR) is 85.2 cm³/mol. The molecule has 3 heterocycles. The van der Waals surface area contributed by atoms with E-state index in [-0.39, 0.29) is 5.60 Å². The predicted octanol–water partition coefficient (Wildman–Crippen LogP) is 1.89. The summed E-state index contributed by atoms with van der Waals surface area (Å²) in [6, 6.07) is 8.69. The lowest BCUT2D eigenvalue weighted by Crippen LogP contribution is -2.32. The number of hydrogen-bond acceptors (Lipinski definition) is 5. The second-order valence-corrected chi connectivity index (χ2v) is 6.57. The molecule has 2 saturated heterocycles. The summed E-state index contributed by atoms with van der Waals surface area (Å²) >= 11 is 0. The fourth-order valence-corrected chi connectivity index (χ4v) is 3.75. The van der Waals surface area contributed by atoms with Gasteiger partial charge in [0.05, 0.1) is 25.4 Å². The second-order valence-electron chi connectivity index (χ2n) is 6.57. The van der Waals surface area contributed by atoms with Crippen molar-refractivity contribution >= 4 is 0 Å². The first kappa shape index (κ1) is 14.7. The van der Waals surface area contributed by atoms with Crippen molar-refractivity contribution in [3.63, 3.8) is 0 Å². The minimum Gasteiger partial charge on any atom is -0.497 e. The van der Waals surface area contributed by atoms with Crippen LogP contribution in [0.1, 0.15) is 24.4 Å². The number of rotatable bonds is 4. The van der Waals surface area contributed by atoms with E-state index in [4.69, 9.17) is 9.47 Å². The van der Waals surface area contributed by atoms with E-state index < -0.39 is 0 Å². The molecule has 0 unspecified atom stereocenters. The molecule has 1 spiro atoms. The largest absolute Gasteiger partial charge is 0.497 e. The first-order valence-electron chi connectivity index (χ1n) is 8.10. The Balaban J connectivity index is 1.37. The Morgan fingerprint density at radius 1 is 1.26 bits per heavy atom. The van der Waals surface area contributed by atoms with Gasteiger partial charge in [-0.15, -0.1) is 10.2 Å². The highest BCUT2D eigenvalue weighted by Crippen LogP contribution is 2.40. The van der Waals surface area contributed by atoms with Crippen LogP contribution in [0.25, 0.3) is 0 Å². The van der Waals surface area contributed by atoms with Crippen LogP contribution in [-0.2, 0) is 11.3 Å². The first-order chi connectivity index (χ1) is 11.3. The van der Waals surface area contributed by atoms with Crippen LogP contribution in [0, 0.1) is 0 Å². The first-order valence-corrected chi connectivity index (χ1v) is 8.10. The standard InChI is InChI=1S/C17H22N4O2/c1-22-16-4-2-14(3-5-16)9-20-7-6-17(11-20)8-15(10-23-17)21-12-18-19-13-21/h2-5,12-13,15H,6-11H2,1H3/t15-,17+/m1/s1. The fraction of sp³-hybridized carbons (Fsp3) is 0.529. The van der Waals surface area contributed by atoms with Crippen molar-refractivity contribution in [2.75, 3.05) is 26.8 Å². The van der Waals surface area contributed by atoms with Gasteiger partial charge in [0.2, 0.25) is 0 Å². The van der Waals surface area contributed by atoms with Gasteiger partial charge in [0.15, 0.2) is 0 Å². The van der Waals surface area contributed by atoms with Gasteiger partial charge in [-0.25, -0.2) is 0 Å². The SMILES string of the molecule is COc1ccc(CN2CC[C@]3(C[C@@H](n4cnnc4)CO3)C2)cc1. The van der Waals surface area contributed by atoms with E-state index in [9.17, 15) is 0 Å². The molecule has 2 aromatic rings. The van der Waals surface area contributed by atoms with Gasteiger partial charge in [0.1, 0.15) is 18.4 Å². The lowest BCUT2D eigenvalue weighted by molar-refractivity contribution is 0.0112. The molecule has 6 heteroatoms. The summed E-state index contributed by atoms with van der Waals surface area (Å²) in [6.45, 7) is 3.80. The summed E-state index contributed by atoms with van der Waals surface area (Å²) in [5.74, 6) is 0.905. The van der Waals surface area contributed by atoms with E-state index >= 15 is 0 Å². The second kappa shape index (κ2) is 5.94. The maximum atomic E-state index is 6.20. The Bertz CT molecular complexity index is 643. The van der Waals surface area contributed by atoms with E-state index in [1.165, 1.54) is 5.56 Å². The summed E-state index contributed by atoms with van der Waals surface area (Å²) < 4.78 is 13.5. The van der Waals surface area contributed by atoms with Crippen LogP contribution < -0.4 is 4.74 Å². The van der Waals surface area contributed by atoms with Crippen LogP contribution in [0.2, 0.25) is 0 Å². The zero-order valence-electron chi connectivity index (χ0n) is 13.4. The van der Waals surface area contributed by atoms with Crippen molar-refractivity contribution in [3.8, 4) is 5.75 Å². The van der Waals surface area contributed by atoms with Crippen LogP contribution in [0.3, 0.4) is 0 Å². The van der Waals surface area contributed by atoms with Crippen molar-refractivity contribution in [1.82, 2.24) is 19.7 Å². The van der Waals surface area contributed by atoms with Crippen LogP contribution in [-0.4, -0.2) is 52.1 Å². The van der Waals surface area contributed by atoms with Crippen molar-refractivity contribution in [1.29, 1.82) is 0 Å². The van der Waals surface area contributed by atoms with Gasteiger partial charge in [-0.1, -0.05) is 12.1 Å². The molecule has 0 radical (unpaired) electrons. The van der Waals surface area contributed by atoms with E-state index in [0.717, 1.165) is 44.8 Å². The number of aromatic nitrogens is 3. The molecule has 6 nitrogen and oxygen atoms in total. The van der Waals surface area contributed by atoms with E-state index in [2.05, 4.69) is 31.8 Å². The molecule has 0 N–H and O–H groups in total. The molecular weight excluding hydrogens is 292 g/mol. The Labute approximate surface area is 136 Å². The number of likely N-dealkylation sites (tertiary alicyclic amines) is 1. The van der Waals surface area contributed by atoms with E-state index in [1.807, 2.05) is 12.1 Å². The molecule has 2 fully saturated rings. The number of benzene rings is 1. The maximum Gasteiger partial charge on any atom is 0.119 e. The van der Waals surface area contributed by atoms with Crippen molar-refractivity contribution < 1.29 is 9.47 Å². The number of hydrogen-bond donors (Lipinski definition) is 0. The van der Waals surface area contributed by atoms with Crippen molar-refractivity contribution in [2.45, 2.75) is 31.0 Å². The molecule has 2 atom stereocenters. The molecule has 23 heavy (non-hydrogen) atoms. The third-order valence-electron chi connectivity index (χ3n) is 5.01. The number of ether oxygens (including phenoxy) is 2. The highest BCUT2D eigenvalue weighted by molar-refractivity contribution is 5.27. The van der Waals surface area contributed by atoms with Crippen LogP contribution in [0.5, 0.6) is 5.75 Å². The zero-order valence-corrected chi connectivity index (χ0v) is 13.4. The van der Waals surface area contributed by atoms with Crippen molar-refractivity contribution in [3.05, 3.63) is 42.5 Å². The zero-order chi connectivity index (χ0) is 15.7. The highest BCUT2D eigenvalue weighted by atomic mass is 16.5. The van der Waals surface area contributed by atoms with Gasteiger partial charge in [0, 0.05) is 26.1 Å². The van der Waals surface area contributed by atoms with Crippen molar-refractivity contribution in [2.24, 2.45) is 0 Å². The lowest BCUT2D eigenvalue weighted by atomic mass is 9.97. The maximum absolute atomic E-state index is 6.20. The summed E-state index contributed by atoms with van der Waals surface area (Å²) in [5, 5.41) is 7.81. The van der Waals surface area contributed by atoms with E-state index in [0.29, 0.717) is 6.04 Å². The minimum atomic E-state index is 0.00140. The lowest BCUT2D eigenvalue weighted by Gasteiger charge is -2.23. The molecule has 0 amide bonds. The Kier molecular flexibility index (Phi) is 3.79. The number of nitrogens with zero attached hydrogens (tertiary/aromatic N) is 4. The Morgan fingerprint density at radius 3 is 2.78 bits per heavy atom. The molecule has 0 aliphatic carbocycles. The van der Waals surface area contributed by atoms with Gasteiger partial charge in [-0.05, 0) is 24.1 Å². The molecular formula is C17H22N4O2. The van der Waals surface area contributed by atoms with Gasteiger partial charge < -0.3 is 14.0 Å². The average molecular weight is 314 g/mol. The summed E-state index contributed by atoms with van der Waals surface area (Å²) in [5.41, 5.74) is 1.32. The summed E-state index contributed by atoms with van der Waals surface area (Å²) in [4.78, 5) is 2.48. The van der Waals surface area contributed by atoms with E-state index in [1.54, 1.807) is 19.8 Å². The van der Waals surface area contributed by atoms with Crippen LogP contribution in [0.15, 0.2) is 36.9 Å². The quantitative estimate of drug-likeness (QED) is 0.862. The molecule has 2 aliphatic rings. The molecule has 122 valence electrons. The summed E-state index contributed by atoms with van der Waals surface area (Å²) in [6.07, 6.45) is 5.72. The smallest absolute Gasteiger partial charge is 0.119 e. The third kappa shape index (κ3) is 2.96. The molecule has 4 rings (SSSR count). The Hall–Kier alpha value is -1.92. The molecule has 1 aromatic heterocycles. The van der Waals surface area contributed by atoms with Gasteiger partial charge in [-0.3, -0.25) is 4.90 Å². The molecule has 2 aliphatic heterocycles. The normalized spacial score (nSPS) is 27.8. The fourth-order valence-electron chi connectivity index (χ4n) is 3.75. The average Bonchev–Trinajstić information content (AvgIpc) is 3.31. The van der Waals surface area contributed by atoms with Gasteiger partial charge in [0.25, 0.3) is 0 Å². The minimum absolute atomic E-state index is 0.00140. The third-order valence-corrected chi connectivity index (χ3v) is 5.01. The topological polar surface area (TPSA) is 52.4 Å². The number of methoxy groups -OCH3 is 1. The molecule has 0 bridgehead atoms.